The van der Waals surface area contributed by atoms with Crippen molar-refractivity contribution in [2.24, 2.45) is 5.92 Å². The Kier molecular flexibility index (Phi) is 5.69. The Morgan fingerprint density at radius 2 is 2.11 bits per heavy atom. The average Bonchev–Trinajstić information content (AvgIpc) is 2.89. The van der Waals surface area contributed by atoms with Gasteiger partial charge in [0.1, 0.15) is 5.54 Å². The Hall–Kier alpha value is -2.15. The van der Waals surface area contributed by atoms with Gasteiger partial charge in [-0.1, -0.05) is 26.5 Å². The lowest BCUT2D eigenvalue weighted by atomic mass is 9.87. The van der Waals surface area contributed by atoms with Gasteiger partial charge in [-0.3, -0.25) is 9.59 Å². The molecule has 0 aromatic carbocycles. The number of hydrogen-bond donors (Lipinski definition) is 4. The van der Waals surface area contributed by atoms with Gasteiger partial charge in [-0.25, -0.2) is 0 Å². The van der Waals surface area contributed by atoms with Crippen molar-refractivity contribution in [1.82, 2.24) is 20.9 Å². The molecule has 1 spiro atoms. The van der Waals surface area contributed by atoms with Crippen LogP contribution in [-0.2, 0) is 9.59 Å². The Morgan fingerprint density at radius 3 is 2.67 bits per heavy atom. The van der Waals surface area contributed by atoms with E-state index in [1.165, 1.54) is 0 Å². The number of carbonyl (C=O) groups is 2. The van der Waals surface area contributed by atoms with E-state index in [0.717, 1.165) is 37.3 Å². The van der Waals surface area contributed by atoms with Crippen LogP contribution in [0.2, 0.25) is 0 Å². The van der Waals surface area contributed by atoms with Crippen molar-refractivity contribution in [3.8, 4) is 0 Å². The standard InChI is InChI=1S/C20H28N4O2S/c1-13(2)15(12-27)18(25)22-16-6-4-5-7-17(16)24-10-8-20(9-11-24)19(26)21-14(3)23-20/h5,7,12-13,23,27H,3-4,6,8-11H2,1-2H3,(H,21,26)(H,22,25)/b15-12+. The molecule has 2 fully saturated rings. The minimum atomic E-state index is -0.546. The van der Waals surface area contributed by atoms with E-state index < -0.39 is 5.54 Å². The summed E-state index contributed by atoms with van der Waals surface area (Å²) in [5, 5.41) is 10.7. The zero-order valence-corrected chi connectivity index (χ0v) is 16.9. The number of amides is 2. The van der Waals surface area contributed by atoms with Crippen molar-refractivity contribution in [2.45, 2.75) is 45.1 Å². The maximum absolute atomic E-state index is 12.6. The van der Waals surface area contributed by atoms with E-state index in [2.05, 4.69) is 52.2 Å². The molecule has 3 rings (SSSR count). The van der Waals surface area contributed by atoms with E-state index in [0.29, 0.717) is 24.2 Å². The third kappa shape index (κ3) is 3.93. The van der Waals surface area contributed by atoms with Crippen LogP contribution < -0.4 is 16.0 Å². The summed E-state index contributed by atoms with van der Waals surface area (Å²) in [6.07, 6.45) is 7.32. The Balaban J connectivity index is 1.74. The van der Waals surface area contributed by atoms with Crippen LogP contribution in [0.3, 0.4) is 0 Å². The molecule has 3 N–H and O–H groups in total. The van der Waals surface area contributed by atoms with Gasteiger partial charge in [0.15, 0.2) is 0 Å². The first-order chi connectivity index (χ1) is 12.9. The number of rotatable bonds is 4. The molecular weight excluding hydrogens is 360 g/mol. The molecule has 0 unspecified atom stereocenters. The molecule has 3 aliphatic rings. The second kappa shape index (κ2) is 7.84. The molecule has 27 heavy (non-hydrogen) atoms. The number of carbonyl (C=O) groups excluding carboxylic acids is 2. The van der Waals surface area contributed by atoms with Crippen LogP contribution in [0.25, 0.3) is 0 Å². The number of nitrogens with one attached hydrogen (secondary N) is 3. The monoisotopic (exact) mass is 388 g/mol. The van der Waals surface area contributed by atoms with Gasteiger partial charge in [-0.05, 0) is 43.1 Å². The summed E-state index contributed by atoms with van der Waals surface area (Å²) < 4.78 is 0. The third-order valence-electron chi connectivity index (χ3n) is 5.48. The van der Waals surface area contributed by atoms with Crippen molar-refractivity contribution in [3.05, 3.63) is 46.9 Å². The summed E-state index contributed by atoms with van der Waals surface area (Å²) in [6.45, 7) is 9.26. The topological polar surface area (TPSA) is 73.5 Å². The molecule has 6 nitrogen and oxygen atoms in total. The Labute approximate surface area is 166 Å². The van der Waals surface area contributed by atoms with Crippen molar-refractivity contribution in [1.29, 1.82) is 0 Å². The lowest BCUT2D eigenvalue weighted by Gasteiger charge is -2.40. The summed E-state index contributed by atoms with van der Waals surface area (Å²) in [5.41, 5.74) is 2.11. The fraction of sp³-hybridized carbons (Fsp3) is 0.500. The van der Waals surface area contributed by atoms with Gasteiger partial charge in [0.25, 0.3) is 11.8 Å². The molecule has 0 radical (unpaired) electrons. The normalized spacial score (nSPS) is 22.4. The lowest BCUT2D eigenvalue weighted by Crippen LogP contribution is -2.54. The molecule has 2 saturated heterocycles. The zero-order chi connectivity index (χ0) is 19.6. The second-order valence-electron chi connectivity index (χ2n) is 7.62. The molecule has 146 valence electrons. The molecule has 0 saturated carbocycles. The van der Waals surface area contributed by atoms with Crippen molar-refractivity contribution >= 4 is 24.4 Å². The van der Waals surface area contributed by atoms with Gasteiger partial charge >= 0.3 is 0 Å². The predicted octanol–water partition coefficient (Wildman–Crippen LogP) is 2.16. The fourth-order valence-corrected chi connectivity index (χ4v) is 4.28. The molecule has 2 heterocycles. The highest BCUT2D eigenvalue weighted by Crippen LogP contribution is 2.31. The van der Waals surface area contributed by atoms with Gasteiger partial charge in [0.2, 0.25) is 0 Å². The minimum absolute atomic E-state index is 0.00864. The predicted molar refractivity (Wildman–Crippen MR) is 109 cm³/mol. The molecule has 2 aliphatic heterocycles. The first kappa shape index (κ1) is 19.6. The largest absolute Gasteiger partial charge is 0.370 e. The van der Waals surface area contributed by atoms with Crippen LogP contribution in [0.1, 0.15) is 39.5 Å². The van der Waals surface area contributed by atoms with Crippen LogP contribution >= 0.6 is 12.6 Å². The maximum atomic E-state index is 12.6. The highest BCUT2D eigenvalue weighted by Gasteiger charge is 2.46. The first-order valence-electron chi connectivity index (χ1n) is 9.45. The van der Waals surface area contributed by atoms with Crippen LogP contribution in [0.4, 0.5) is 0 Å². The van der Waals surface area contributed by atoms with Crippen LogP contribution in [0.15, 0.2) is 46.9 Å². The minimum Gasteiger partial charge on any atom is -0.370 e. The van der Waals surface area contributed by atoms with Crippen molar-refractivity contribution < 1.29 is 9.59 Å². The van der Waals surface area contributed by atoms with Gasteiger partial charge in [-0.15, -0.1) is 0 Å². The second-order valence-corrected chi connectivity index (χ2v) is 7.88. The molecule has 0 aromatic heterocycles. The third-order valence-corrected chi connectivity index (χ3v) is 5.76. The van der Waals surface area contributed by atoms with Gasteiger partial charge < -0.3 is 20.9 Å². The summed E-state index contributed by atoms with van der Waals surface area (Å²) in [5.74, 6) is 0.609. The summed E-state index contributed by atoms with van der Waals surface area (Å²) >= 11 is 4.18. The van der Waals surface area contributed by atoms with Crippen molar-refractivity contribution in [3.63, 3.8) is 0 Å². The van der Waals surface area contributed by atoms with Crippen molar-refractivity contribution in [2.75, 3.05) is 13.1 Å². The number of allylic oxidation sites excluding steroid dienone is 3. The van der Waals surface area contributed by atoms with E-state index >= 15 is 0 Å². The molecule has 0 aromatic rings. The average molecular weight is 389 g/mol. The Morgan fingerprint density at radius 1 is 1.41 bits per heavy atom. The number of likely N-dealkylation sites (tertiary alicyclic amines) is 1. The van der Waals surface area contributed by atoms with Gasteiger partial charge in [0, 0.05) is 24.4 Å². The molecule has 0 bridgehead atoms. The van der Waals surface area contributed by atoms with Gasteiger partial charge in [-0.2, -0.15) is 12.6 Å². The molecule has 2 amide bonds. The number of thiol groups is 1. The summed E-state index contributed by atoms with van der Waals surface area (Å²) in [6, 6.07) is 0. The lowest BCUT2D eigenvalue weighted by molar-refractivity contribution is -0.125. The highest BCUT2D eigenvalue weighted by molar-refractivity contribution is 7.83. The fourth-order valence-electron chi connectivity index (χ4n) is 3.87. The zero-order valence-electron chi connectivity index (χ0n) is 16.0. The van der Waals surface area contributed by atoms with E-state index in [4.69, 9.17) is 0 Å². The van der Waals surface area contributed by atoms with E-state index in [1.54, 1.807) is 5.41 Å². The maximum Gasteiger partial charge on any atom is 0.252 e. The molecule has 7 heteroatoms. The SMILES string of the molecule is C=C1NC(=O)C2(CCN(C3=C(NC(=O)/C(=C/S)C(C)C)CCC=C3)CC2)N1. The first-order valence-corrected chi connectivity index (χ1v) is 9.97. The van der Waals surface area contributed by atoms with E-state index in [1.807, 2.05) is 13.8 Å². The van der Waals surface area contributed by atoms with Crippen LogP contribution in [-0.4, -0.2) is 35.3 Å². The van der Waals surface area contributed by atoms with Gasteiger partial charge in [0.05, 0.1) is 11.5 Å². The molecule has 1 aliphatic carbocycles. The highest BCUT2D eigenvalue weighted by atomic mass is 32.1. The van der Waals surface area contributed by atoms with E-state index in [-0.39, 0.29) is 17.7 Å². The number of hydrogen-bond acceptors (Lipinski definition) is 5. The van der Waals surface area contributed by atoms with Crippen LogP contribution in [0, 0.1) is 5.92 Å². The van der Waals surface area contributed by atoms with Crippen LogP contribution in [0.5, 0.6) is 0 Å². The summed E-state index contributed by atoms with van der Waals surface area (Å²) in [4.78, 5) is 27.2. The smallest absolute Gasteiger partial charge is 0.252 e. The summed E-state index contributed by atoms with van der Waals surface area (Å²) in [7, 11) is 0. The number of nitrogens with zero attached hydrogens (tertiary/aromatic N) is 1. The molecule has 0 atom stereocenters. The number of piperidine rings is 1. The van der Waals surface area contributed by atoms with E-state index in [9.17, 15) is 9.59 Å². The Bertz CT molecular complexity index is 743. The molecular formula is C20H28N4O2S. The quantitative estimate of drug-likeness (QED) is 0.440.